The second kappa shape index (κ2) is 18.8. The number of benzene rings is 4. The van der Waals surface area contributed by atoms with E-state index in [0.29, 0.717) is 0 Å². The number of hydrogen-bond acceptors (Lipinski definition) is 0. The van der Waals surface area contributed by atoms with Gasteiger partial charge in [-0.1, -0.05) is 130 Å². The highest BCUT2D eigenvalue weighted by Crippen LogP contribution is 2.34. The summed E-state index contributed by atoms with van der Waals surface area (Å²) in [7, 11) is 0. The van der Waals surface area contributed by atoms with Crippen LogP contribution in [-0.2, 0) is 0 Å². The molecule has 0 spiro atoms. The highest BCUT2D eigenvalue weighted by atomic mass is 14.1. The van der Waals surface area contributed by atoms with E-state index >= 15 is 0 Å². The zero-order valence-electron chi connectivity index (χ0n) is 25.4. The van der Waals surface area contributed by atoms with Crippen molar-refractivity contribution >= 4 is 0 Å². The molecule has 0 aliphatic carbocycles. The quantitative estimate of drug-likeness (QED) is 0.243. The lowest BCUT2D eigenvalue weighted by Gasteiger charge is -2.15. The van der Waals surface area contributed by atoms with E-state index in [1.165, 1.54) is 55.6 Å². The van der Waals surface area contributed by atoms with E-state index in [0.717, 1.165) is 0 Å². The molecule has 4 aromatic rings. The van der Waals surface area contributed by atoms with Gasteiger partial charge in [-0.05, 0) is 93.0 Å². The number of rotatable bonds is 2. The molecule has 4 rings (SSSR count). The predicted molar refractivity (Wildman–Crippen MR) is 171 cm³/mol. The first-order valence-corrected chi connectivity index (χ1v) is 13.6. The van der Waals surface area contributed by atoms with E-state index in [9.17, 15) is 0 Å². The topological polar surface area (TPSA) is 0 Å². The molecule has 0 aromatic heterocycles. The highest BCUT2D eigenvalue weighted by molar-refractivity contribution is 5.78. The summed E-state index contributed by atoms with van der Waals surface area (Å²) in [5, 5.41) is 0. The molecule has 0 aliphatic heterocycles. The molecule has 0 unspecified atom stereocenters. The lowest BCUT2D eigenvalue weighted by atomic mass is 9.89. The van der Waals surface area contributed by atoms with Gasteiger partial charge in [0.2, 0.25) is 0 Å². The Morgan fingerprint density at radius 3 is 1.00 bits per heavy atom. The molecule has 0 radical (unpaired) electrons. The van der Waals surface area contributed by atoms with Gasteiger partial charge in [-0.15, -0.1) is 6.58 Å². The molecular weight excluding hydrogens is 444 g/mol. The first-order valence-electron chi connectivity index (χ1n) is 13.6. The Morgan fingerprint density at radius 1 is 0.432 bits per heavy atom. The van der Waals surface area contributed by atoms with Crippen LogP contribution in [0.2, 0.25) is 0 Å². The third kappa shape index (κ3) is 11.9. The van der Waals surface area contributed by atoms with Crippen molar-refractivity contribution in [3.05, 3.63) is 131 Å². The van der Waals surface area contributed by atoms with Crippen LogP contribution in [0, 0.1) is 34.6 Å². The van der Waals surface area contributed by atoms with E-state index < -0.39 is 0 Å². The van der Waals surface area contributed by atoms with Gasteiger partial charge < -0.3 is 0 Å². The van der Waals surface area contributed by atoms with Gasteiger partial charge in [0.05, 0.1) is 0 Å². The van der Waals surface area contributed by atoms with Crippen LogP contribution in [0.1, 0.15) is 69.4 Å². The minimum Gasteiger partial charge on any atom is -0.100 e. The van der Waals surface area contributed by atoms with Crippen LogP contribution in [-0.4, -0.2) is 0 Å². The van der Waals surface area contributed by atoms with Gasteiger partial charge >= 0.3 is 0 Å². The largest absolute Gasteiger partial charge is 0.100 e. The van der Waals surface area contributed by atoms with Crippen LogP contribution in [0.15, 0.2) is 103 Å². The molecule has 0 aliphatic rings. The molecule has 0 amide bonds. The molecule has 198 valence electrons. The fourth-order valence-electron chi connectivity index (χ4n) is 3.68. The molecule has 0 heteroatoms. The summed E-state index contributed by atoms with van der Waals surface area (Å²) in [6.07, 6.45) is 0. The Hall–Kier alpha value is -3.38. The van der Waals surface area contributed by atoms with Crippen LogP contribution in [0.4, 0.5) is 0 Å². The van der Waals surface area contributed by atoms with E-state index in [-0.39, 0.29) is 0 Å². The standard InChI is InChI=1S/C22H22.C7H8.C4H8.2C2H6/c1-15-9-5-7-11-19(15)21-13-18(4)22(14-17(21)3)20-12-8-6-10-16(20)2;1-7-5-3-2-4-6-7;1-4(2)3;2*1-2/h5-14H,1-4H3;2-6H,1H3;1H2,2-3H3;2*1-2H3. The minimum absolute atomic E-state index is 1.17. The molecular formula is C37H50. The Balaban J connectivity index is 0.000000713. The van der Waals surface area contributed by atoms with Crippen molar-refractivity contribution in [3.8, 4) is 22.3 Å². The average Bonchev–Trinajstić information content (AvgIpc) is 2.89. The van der Waals surface area contributed by atoms with Gasteiger partial charge in [0.25, 0.3) is 0 Å². The first kappa shape index (κ1) is 33.6. The maximum Gasteiger partial charge on any atom is -0.0149 e. The fourth-order valence-corrected chi connectivity index (χ4v) is 3.68. The predicted octanol–water partition coefficient (Wildman–Crippen LogP) is 11.9. The Bertz CT molecular complexity index is 1100. The van der Waals surface area contributed by atoms with Crippen molar-refractivity contribution in [2.24, 2.45) is 0 Å². The van der Waals surface area contributed by atoms with Crippen molar-refractivity contribution in [1.82, 2.24) is 0 Å². The number of hydrogen-bond donors (Lipinski definition) is 0. The fraction of sp³-hybridized carbons (Fsp3) is 0.297. The Morgan fingerprint density at radius 2 is 0.730 bits per heavy atom. The van der Waals surface area contributed by atoms with E-state index in [1.54, 1.807) is 0 Å². The molecule has 0 N–H and O–H groups in total. The van der Waals surface area contributed by atoms with Gasteiger partial charge in [-0.2, -0.15) is 0 Å². The summed E-state index contributed by atoms with van der Waals surface area (Å²) >= 11 is 0. The first-order chi connectivity index (χ1) is 17.7. The van der Waals surface area contributed by atoms with Crippen molar-refractivity contribution in [1.29, 1.82) is 0 Å². The van der Waals surface area contributed by atoms with Crippen LogP contribution in [0.3, 0.4) is 0 Å². The van der Waals surface area contributed by atoms with Crippen LogP contribution >= 0.6 is 0 Å². The van der Waals surface area contributed by atoms with Crippen molar-refractivity contribution < 1.29 is 0 Å². The molecule has 37 heavy (non-hydrogen) atoms. The van der Waals surface area contributed by atoms with Crippen molar-refractivity contribution in [2.75, 3.05) is 0 Å². The zero-order valence-corrected chi connectivity index (χ0v) is 25.4. The summed E-state index contributed by atoms with van der Waals surface area (Å²) in [5.74, 6) is 0. The van der Waals surface area contributed by atoms with Gasteiger partial charge in [0, 0.05) is 0 Å². The summed E-state index contributed by atoms with van der Waals surface area (Å²) < 4.78 is 0. The molecule has 0 saturated carbocycles. The molecule has 0 fully saturated rings. The molecule has 4 aromatic carbocycles. The lowest BCUT2D eigenvalue weighted by Crippen LogP contribution is -1.93. The smallest absolute Gasteiger partial charge is 0.0149 e. The number of allylic oxidation sites excluding steroid dienone is 1. The van der Waals surface area contributed by atoms with E-state index in [2.05, 4.69) is 114 Å². The minimum atomic E-state index is 1.17. The van der Waals surface area contributed by atoms with Crippen molar-refractivity contribution in [3.63, 3.8) is 0 Å². The molecule has 0 nitrogen and oxygen atoms in total. The third-order valence-electron chi connectivity index (χ3n) is 5.38. The Labute approximate surface area is 229 Å². The van der Waals surface area contributed by atoms with Gasteiger partial charge in [0.15, 0.2) is 0 Å². The maximum atomic E-state index is 3.56. The molecule has 0 atom stereocenters. The zero-order chi connectivity index (χ0) is 28.4. The Kier molecular flexibility index (Phi) is 17.1. The normalized spacial score (nSPS) is 9.05. The summed E-state index contributed by atoms with van der Waals surface area (Å²) in [6.45, 7) is 26.4. The van der Waals surface area contributed by atoms with Gasteiger partial charge in [0.1, 0.15) is 0 Å². The maximum absolute atomic E-state index is 3.56. The van der Waals surface area contributed by atoms with Crippen LogP contribution in [0.5, 0.6) is 0 Å². The number of aryl methyl sites for hydroxylation is 5. The van der Waals surface area contributed by atoms with E-state index in [1.807, 2.05) is 59.7 Å². The average molecular weight is 495 g/mol. The monoisotopic (exact) mass is 494 g/mol. The summed E-state index contributed by atoms with van der Waals surface area (Å²) in [4.78, 5) is 0. The van der Waals surface area contributed by atoms with Crippen molar-refractivity contribution in [2.45, 2.75) is 76.2 Å². The van der Waals surface area contributed by atoms with Crippen LogP contribution in [0.25, 0.3) is 22.3 Å². The van der Waals surface area contributed by atoms with Crippen LogP contribution < -0.4 is 0 Å². The highest BCUT2D eigenvalue weighted by Gasteiger charge is 2.10. The second-order valence-corrected chi connectivity index (χ2v) is 8.97. The molecule has 0 heterocycles. The lowest BCUT2D eigenvalue weighted by molar-refractivity contribution is 1.35. The summed E-state index contributed by atoms with van der Waals surface area (Å²) in [5.41, 5.74) is 13.2. The molecule has 0 saturated heterocycles. The van der Waals surface area contributed by atoms with Gasteiger partial charge in [-0.25, -0.2) is 0 Å². The van der Waals surface area contributed by atoms with E-state index in [4.69, 9.17) is 0 Å². The second-order valence-electron chi connectivity index (χ2n) is 8.97. The molecule has 0 bridgehead atoms. The van der Waals surface area contributed by atoms with Gasteiger partial charge in [-0.3, -0.25) is 0 Å². The SMILES string of the molecule is C=C(C)C.CC.CC.Cc1ccccc1.Cc1ccccc1-c1cc(C)c(-c2ccccc2C)cc1C. The summed E-state index contributed by atoms with van der Waals surface area (Å²) in [6, 6.07) is 32.1. The third-order valence-corrected chi connectivity index (χ3v) is 5.38.